The third-order valence-electron chi connectivity index (χ3n) is 7.04. The Bertz CT molecular complexity index is 727. The van der Waals surface area contributed by atoms with Crippen LogP contribution < -0.4 is 4.74 Å². The van der Waals surface area contributed by atoms with Crippen molar-refractivity contribution in [2.24, 2.45) is 23.2 Å². The molecule has 1 aliphatic heterocycles. The minimum Gasteiger partial charge on any atom is -0.471 e. The third-order valence-corrected chi connectivity index (χ3v) is 7.04. The predicted octanol–water partition coefficient (Wildman–Crippen LogP) is 3.15. The number of nitriles is 1. The van der Waals surface area contributed by atoms with Crippen LogP contribution in [0.5, 0.6) is 5.88 Å². The Morgan fingerprint density at radius 2 is 1.88 bits per heavy atom. The highest BCUT2D eigenvalue weighted by molar-refractivity contribution is 5.78. The molecule has 136 valence electrons. The Morgan fingerprint density at radius 3 is 2.50 bits per heavy atom. The van der Waals surface area contributed by atoms with Crippen LogP contribution in [0.4, 0.5) is 0 Å². The molecule has 0 aromatic carbocycles. The molecule has 0 unspecified atom stereocenters. The van der Waals surface area contributed by atoms with Gasteiger partial charge in [0.05, 0.1) is 24.7 Å². The molecular weight excluding hydrogens is 326 g/mol. The number of hydrogen-bond acceptors (Lipinski definition) is 4. The minimum atomic E-state index is -0.00300. The van der Waals surface area contributed by atoms with E-state index in [1.165, 1.54) is 38.5 Å². The van der Waals surface area contributed by atoms with E-state index in [1.807, 2.05) is 4.90 Å². The van der Waals surface area contributed by atoms with E-state index >= 15 is 0 Å². The number of amides is 1. The summed E-state index contributed by atoms with van der Waals surface area (Å²) < 4.78 is 5.81. The van der Waals surface area contributed by atoms with Gasteiger partial charge in [-0.25, -0.2) is 4.98 Å². The van der Waals surface area contributed by atoms with E-state index in [0.29, 0.717) is 35.9 Å². The van der Waals surface area contributed by atoms with Gasteiger partial charge in [0, 0.05) is 18.7 Å². The molecule has 1 amide bonds. The zero-order valence-corrected chi connectivity index (χ0v) is 15.1. The summed E-state index contributed by atoms with van der Waals surface area (Å²) >= 11 is 0. The molecule has 0 N–H and O–H groups in total. The molecule has 0 radical (unpaired) electrons. The average Bonchev–Trinajstić information content (AvgIpc) is 2.56. The summed E-state index contributed by atoms with van der Waals surface area (Å²) in [4.78, 5) is 18.9. The number of ether oxygens (including phenoxy) is 1. The second kappa shape index (κ2) is 5.97. The zero-order valence-electron chi connectivity index (χ0n) is 15.1. The molecule has 5 heteroatoms. The van der Waals surface area contributed by atoms with E-state index in [-0.39, 0.29) is 6.10 Å². The minimum absolute atomic E-state index is 0.00300. The van der Waals surface area contributed by atoms with Crippen LogP contribution in [0.25, 0.3) is 0 Å². The van der Waals surface area contributed by atoms with Crippen molar-refractivity contribution in [1.29, 1.82) is 5.26 Å². The Kier molecular flexibility index (Phi) is 3.70. The normalized spacial score (nSPS) is 35.0. The standard InChI is InChI=1S/C21H25N3O2/c22-11-14-1-2-23-19(6-14)26-18-12-24(13-18)20(25)10-21-7-15-3-16(8-21)5-17(4-15)9-21/h1-2,6,15-18H,3-5,7-10,12-13H2. The van der Waals surface area contributed by atoms with E-state index in [1.54, 1.807) is 18.3 Å². The van der Waals surface area contributed by atoms with Gasteiger partial charge in [0.15, 0.2) is 0 Å². The molecule has 26 heavy (non-hydrogen) atoms. The Hall–Kier alpha value is -2.09. The van der Waals surface area contributed by atoms with Crippen LogP contribution in [0, 0.1) is 34.5 Å². The first kappa shape index (κ1) is 16.1. The number of pyridine rings is 1. The topological polar surface area (TPSA) is 66.2 Å². The lowest BCUT2D eigenvalue weighted by atomic mass is 9.49. The van der Waals surface area contributed by atoms with Gasteiger partial charge in [-0.1, -0.05) is 0 Å². The van der Waals surface area contributed by atoms with Crippen molar-refractivity contribution in [3.63, 3.8) is 0 Å². The smallest absolute Gasteiger partial charge is 0.223 e. The maximum Gasteiger partial charge on any atom is 0.223 e. The zero-order chi connectivity index (χ0) is 17.7. The van der Waals surface area contributed by atoms with Crippen molar-refractivity contribution in [3.05, 3.63) is 23.9 Å². The van der Waals surface area contributed by atoms with E-state index in [4.69, 9.17) is 10.00 Å². The van der Waals surface area contributed by atoms with Gasteiger partial charge >= 0.3 is 0 Å². The van der Waals surface area contributed by atoms with Crippen LogP contribution in [0.3, 0.4) is 0 Å². The fourth-order valence-corrected chi connectivity index (χ4v) is 6.37. The highest BCUT2D eigenvalue weighted by Crippen LogP contribution is 2.61. The molecule has 5 fully saturated rings. The molecule has 1 aromatic heterocycles. The van der Waals surface area contributed by atoms with Gasteiger partial charge in [-0.2, -0.15) is 5.26 Å². The van der Waals surface area contributed by atoms with Crippen molar-refractivity contribution in [3.8, 4) is 11.9 Å². The number of likely N-dealkylation sites (tertiary alicyclic amines) is 1. The highest BCUT2D eigenvalue weighted by atomic mass is 16.5. The Labute approximate surface area is 154 Å². The maximum absolute atomic E-state index is 12.8. The highest BCUT2D eigenvalue weighted by Gasteiger charge is 2.52. The lowest BCUT2D eigenvalue weighted by Crippen LogP contribution is -2.58. The maximum atomic E-state index is 12.8. The van der Waals surface area contributed by atoms with Gasteiger partial charge in [-0.05, 0) is 67.8 Å². The predicted molar refractivity (Wildman–Crippen MR) is 95.2 cm³/mol. The van der Waals surface area contributed by atoms with Crippen molar-refractivity contribution >= 4 is 5.91 Å². The Balaban J connectivity index is 1.16. The SMILES string of the molecule is N#Cc1ccnc(OC2CN(C(=O)CC34CC5CC(CC(C5)C3)C4)C2)c1. The fraction of sp³-hybridized carbons (Fsp3) is 0.667. The first-order valence-electron chi connectivity index (χ1n) is 9.91. The van der Waals surface area contributed by atoms with Crippen molar-refractivity contribution < 1.29 is 9.53 Å². The molecule has 2 heterocycles. The molecule has 1 saturated heterocycles. The summed E-state index contributed by atoms with van der Waals surface area (Å²) in [5.41, 5.74) is 0.851. The summed E-state index contributed by atoms with van der Waals surface area (Å²) in [6.07, 6.45) is 10.4. The largest absolute Gasteiger partial charge is 0.471 e. The van der Waals surface area contributed by atoms with Gasteiger partial charge in [-0.15, -0.1) is 0 Å². The van der Waals surface area contributed by atoms with Crippen LogP contribution >= 0.6 is 0 Å². The van der Waals surface area contributed by atoms with Gasteiger partial charge in [0.25, 0.3) is 0 Å². The van der Waals surface area contributed by atoms with Gasteiger partial charge in [-0.3, -0.25) is 4.79 Å². The van der Waals surface area contributed by atoms with Crippen LogP contribution in [0.15, 0.2) is 18.3 Å². The van der Waals surface area contributed by atoms with Gasteiger partial charge in [0.1, 0.15) is 6.10 Å². The van der Waals surface area contributed by atoms with Crippen LogP contribution in [-0.2, 0) is 4.79 Å². The molecule has 4 saturated carbocycles. The number of hydrogen-bond donors (Lipinski definition) is 0. The molecule has 6 rings (SSSR count). The van der Waals surface area contributed by atoms with Gasteiger partial charge < -0.3 is 9.64 Å². The average molecular weight is 351 g/mol. The first-order chi connectivity index (χ1) is 12.6. The molecule has 4 bridgehead atoms. The molecule has 0 spiro atoms. The van der Waals surface area contributed by atoms with E-state index in [9.17, 15) is 4.79 Å². The summed E-state index contributed by atoms with van der Waals surface area (Å²) in [6.45, 7) is 1.29. The van der Waals surface area contributed by atoms with E-state index in [0.717, 1.165) is 24.2 Å². The van der Waals surface area contributed by atoms with Gasteiger partial charge in [0.2, 0.25) is 11.8 Å². The van der Waals surface area contributed by atoms with Crippen molar-refractivity contribution in [2.45, 2.75) is 51.0 Å². The lowest BCUT2D eigenvalue weighted by Gasteiger charge is -2.57. The van der Waals surface area contributed by atoms with E-state index < -0.39 is 0 Å². The molecule has 5 nitrogen and oxygen atoms in total. The molecule has 1 aromatic rings. The fourth-order valence-electron chi connectivity index (χ4n) is 6.37. The van der Waals surface area contributed by atoms with Crippen LogP contribution in [0.2, 0.25) is 0 Å². The summed E-state index contributed by atoms with van der Waals surface area (Å²) in [5, 5.41) is 8.94. The second-order valence-electron chi connectivity index (χ2n) is 9.13. The number of nitrogens with zero attached hydrogens (tertiary/aromatic N) is 3. The number of aromatic nitrogens is 1. The quantitative estimate of drug-likeness (QED) is 0.836. The number of rotatable bonds is 4. The summed E-state index contributed by atoms with van der Waals surface area (Å²) in [6, 6.07) is 5.41. The summed E-state index contributed by atoms with van der Waals surface area (Å²) in [7, 11) is 0. The number of carbonyl (C=O) groups is 1. The molecule has 4 aliphatic carbocycles. The molecular formula is C21H25N3O2. The number of carbonyl (C=O) groups excluding carboxylic acids is 1. The van der Waals surface area contributed by atoms with Crippen molar-refractivity contribution in [2.75, 3.05) is 13.1 Å². The summed E-state index contributed by atoms with van der Waals surface area (Å²) in [5.74, 6) is 3.45. The molecule has 5 aliphatic rings. The van der Waals surface area contributed by atoms with Crippen LogP contribution in [0.1, 0.15) is 50.5 Å². The third kappa shape index (κ3) is 2.86. The lowest BCUT2D eigenvalue weighted by molar-refractivity contribution is -0.148. The molecule has 0 atom stereocenters. The Morgan fingerprint density at radius 1 is 1.23 bits per heavy atom. The monoisotopic (exact) mass is 351 g/mol. The van der Waals surface area contributed by atoms with E-state index in [2.05, 4.69) is 11.1 Å². The van der Waals surface area contributed by atoms with Crippen molar-refractivity contribution in [1.82, 2.24) is 9.88 Å². The first-order valence-corrected chi connectivity index (χ1v) is 9.91. The second-order valence-corrected chi connectivity index (χ2v) is 9.13. The van der Waals surface area contributed by atoms with Crippen LogP contribution in [-0.4, -0.2) is 35.0 Å².